The van der Waals surface area contributed by atoms with Crippen LogP contribution in [0.5, 0.6) is 5.88 Å². The number of ether oxygens (including phenoxy) is 1. The second kappa shape index (κ2) is 4.92. The number of para-hydroxylation sites is 1. The molecule has 90 valence electrons. The van der Waals surface area contributed by atoms with E-state index in [1.54, 1.807) is 0 Å². The zero-order valence-electron chi connectivity index (χ0n) is 10.1. The summed E-state index contributed by atoms with van der Waals surface area (Å²) in [6, 6.07) is 9.97. The molecule has 3 nitrogen and oxygen atoms in total. The molecule has 0 aliphatic rings. The minimum atomic E-state index is 0.116. The Balaban J connectivity index is 2.50. The zero-order chi connectivity index (χ0) is 12.4. The molecule has 1 aromatic carbocycles. The van der Waals surface area contributed by atoms with E-state index in [1.165, 1.54) is 0 Å². The highest BCUT2D eigenvalue weighted by Gasteiger charge is 2.16. The average Bonchev–Trinajstić information content (AvgIpc) is 2.58. The molecule has 17 heavy (non-hydrogen) atoms. The van der Waals surface area contributed by atoms with Crippen LogP contribution in [-0.2, 0) is 0 Å². The maximum absolute atomic E-state index is 5.80. The number of aryl methyl sites for hydroxylation is 1. The largest absolute Gasteiger partial charge is 0.474 e. The second-order valence-electron chi connectivity index (χ2n) is 4.12. The summed E-state index contributed by atoms with van der Waals surface area (Å²) in [4.78, 5) is 0. The van der Waals surface area contributed by atoms with Gasteiger partial charge in [0.05, 0.1) is 17.5 Å². The molecule has 0 N–H and O–H groups in total. The Morgan fingerprint density at radius 2 is 1.88 bits per heavy atom. The van der Waals surface area contributed by atoms with E-state index in [-0.39, 0.29) is 6.10 Å². The van der Waals surface area contributed by atoms with Gasteiger partial charge >= 0.3 is 0 Å². The van der Waals surface area contributed by atoms with E-state index in [2.05, 4.69) is 21.0 Å². The van der Waals surface area contributed by atoms with E-state index in [0.29, 0.717) is 0 Å². The van der Waals surface area contributed by atoms with Crippen molar-refractivity contribution in [3.63, 3.8) is 0 Å². The van der Waals surface area contributed by atoms with Gasteiger partial charge in [0.15, 0.2) is 0 Å². The Kier molecular flexibility index (Phi) is 3.52. The van der Waals surface area contributed by atoms with Gasteiger partial charge in [0.25, 0.3) is 0 Å². The highest BCUT2D eigenvalue weighted by Crippen LogP contribution is 2.31. The van der Waals surface area contributed by atoms with E-state index in [1.807, 2.05) is 55.8 Å². The van der Waals surface area contributed by atoms with Crippen LogP contribution < -0.4 is 4.74 Å². The second-order valence-corrected chi connectivity index (χ2v) is 4.91. The molecule has 4 heteroatoms. The number of nitrogens with zero attached hydrogens (tertiary/aromatic N) is 2. The Morgan fingerprint density at radius 1 is 1.24 bits per heavy atom. The maximum atomic E-state index is 5.80. The van der Waals surface area contributed by atoms with Gasteiger partial charge in [-0.05, 0) is 48.8 Å². The van der Waals surface area contributed by atoms with E-state index in [0.717, 1.165) is 21.7 Å². The fourth-order valence-corrected chi connectivity index (χ4v) is 1.90. The lowest BCUT2D eigenvalue weighted by molar-refractivity contribution is 0.224. The molecule has 1 aromatic heterocycles. The molecule has 0 amide bonds. The summed E-state index contributed by atoms with van der Waals surface area (Å²) in [5.74, 6) is 0.753. The van der Waals surface area contributed by atoms with E-state index in [9.17, 15) is 0 Å². The summed E-state index contributed by atoms with van der Waals surface area (Å²) in [7, 11) is 0. The number of benzene rings is 1. The minimum absolute atomic E-state index is 0.116. The first-order chi connectivity index (χ1) is 8.09. The van der Waals surface area contributed by atoms with Crippen LogP contribution in [0.3, 0.4) is 0 Å². The van der Waals surface area contributed by atoms with Crippen LogP contribution in [0, 0.1) is 6.92 Å². The molecule has 0 aliphatic heterocycles. The maximum Gasteiger partial charge on any atom is 0.231 e. The molecule has 1 heterocycles. The van der Waals surface area contributed by atoms with Gasteiger partial charge in [0.2, 0.25) is 5.88 Å². The first kappa shape index (κ1) is 12.2. The third-order valence-electron chi connectivity index (χ3n) is 2.30. The minimum Gasteiger partial charge on any atom is -0.474 e. The molecule has 0 unspecified atom stereocenters. The van der Waals surface area contributed by atoms with Crippen molar-refractivity contribution < 1.29 is 4.74 Å². The number of hydrogen-bond donors (Lipinski definition) is 0. The lowest BCUT2D eigenvalue weighted by Gasteiger charge is -2.12. The standard InChI is InChI=1S/C13H15BrN2O/c1-9(2)17-13-12(14)10(3)15-16(13)11-7-5-4-6-8-11/h4-9H,1-3H3. The van der Waals surface area contributed by atoms with Gasteiger partial charge in [0.1, 0.15) is 4.47 Å². The van der Waals surface area contributed by atoms with Crippen LogP contribution in [0.2, 0.25) is 0 Å². The van der Waals surface area contributed by atoms with Crippen molar-refractivity contribution in [2.24, 2.45) is 0 Å². The van der Waals surface area contributed by atoms with Gasteiger partial charge in [-0.25, -0.2) is 0 Å². The molecule has 0 saturated carbocycles. The summed E-state index contributed by atoms with van der Waals surface area (Å²) in [6.07, 6.45) is 0.116. The lowest BCUT2D eigenvalue weighted by Crippen LogP contribution is -2.10. The van der Waals surface area contributed by atoms with Crippen LogP contribution in [0.15, 0.2) is 34.8 Å². The van der Waals surface area contributed by atoms with Crippen molar-refractivity contribution in [3.05, 3.63) is 40.5 Å². The molecular formula is C13H15BrN2O. The highest BCUT2D eigenvalue weighted by atomic mass is 79.9. The fourth-order valence-electron chi connectivity index (χ4n) is 1.56. The van der Waals surface area contributed by atoms with Gasteiger partial charge in [-0.1, -0.05) is 18.2 Å². The molecule has 0 atom stereocenters. The Labute approximate surface area is 110 Å². The van der Waals surface area contributed by atoms with Crippen molar-refractivity contribution in [2.45, 2.75) is 26.9 Å². The van der Waals surface area contributed by atoms with Crippen LogP contribution >= 0.6 is 15.9 Å². The van der Waals surface area contributed by atoms with Crippen LogP contribution in [0.25, 0.3) is 5.69 Å². The predicted octanol–water partition coefficient (Wildman–Crippen LogP) is 3.73. The monoisotopic (exact) mass is 294 g/mol. The van der Waals surface area contributed by atoms with Gasteiger partial charge in [0, 0.05) is 0 Å². The smallest absolute Gasteiger partial charge is 0.231 e. The summed E-state index contributed by atoms with van der Waals surface area (Å²) in [5, 5.41) is 4.48. The summed E-state index contributed by atoms with van der Waals surface area (Å²) in [6.45, 7) is 5.96. The van der Waals surface area contributed by atoms with E-state index >= 15 is 0 Å². The van der Waals surface area contributed by atoms with Crippen molar-refractivity contribution in [1.82, 2.24) is 9.78 Å². The Bertz CT molecular complexity index is 506. The van der Waals surface area contributed by atoms with Crippen molar-refractivity contribution in [1.29, 1.82) is 0 Å². The molecule has 0 spiro atoms. The molecule has 0 bridgehead atoms. The van der Waals surface area contributed by atoms with Crippen molar-refractivity contribution >= 4 is 15.9 Å². The topological polar surface area (TPSA) is 27.1 Å². The van der Waals surface area contributed by atoms with E-state index in [4.69, 9.17) is 4.74 Å². The quantitative estimate of drug-likeness (QED) is 0.862. The third kappa shape index (κ3) is 2.52. The third-order valence-corrected chi connectivity index (χ3v) is 3.21. The van der Waals surface area contributed by atoms with Crippen molar-refractivity contribution in [3.8, 4) is 11.6 Å². The summed E-state index contributed by atoms with van der Waals surface area (Å²) >= 11 is 3.52. The zero-order valence-corrected chi connectivity index (χ0v) is 11.7. The first-order valence-electron chi connectivity index (χ1n) is 5.57. The number of aromatic nitrogens is 2. The van der Waals surface area contributed by atoms with Gasteiger partial charge in [-0.2, -0.15) is 9.78 Å². The Hall–Kier alpha value is -1.29. The molecule has 0 radical (unpaired) electrons. The highest BCUT2D eigenvalue weighted by molar-refractivity contribution is 9.10. The van der Waals surface area contributed by atoms with Crippen molar-refractivity contribution in [2.75, 3.05) is 0 Å². The Morgan fingerprint density at radius 3 is 2.47 bits per heavy atom. The molecular weight excluding hydrogens is 280 g/mol. The first-order valence-corrected chi connectivity index (χ1v) is 6.36. The molecule has 0 aliphatic carbocycles. The normalized spacial score (nSPS) is 10.9. The SMILES string of the molecule is Cc1nn(-c2ccccc2)c(OC(C)C)c1Br. The summed E-state index contributed by atoms with van der Waals surface area (Å²) in [5.41, 5.74) is 1.92. The number of rotatable bonds is 3. The molecule has 0 saturated heterocycles. The van der Waals surface area contributed by atoms with Crippen LogP contribution in [0.1, 0.15) is 19.5 Å². The molecule has 0 fully saturated rings. The van der Waals surface area contributed by atoms with E-state index < -0.39 is 0 Å². The number of hydrogen-bond acceptors (Lipinski definition) is 2. The van der Waals surface area contributed by atoms with Crippen LogP contribution in [-0.4, -0.2) is 15.9 Å². The predicted molar refractivity (Wildman–Crippen MR) is 71.8 cm³/mol. The average molecular weight is 295 g/mol. The number of halogens is 1. The fraction of sp³-hybridized carbons (Fsp3) is 0.308. The van der Waals surface area contributed by atoms with Gasteiger partial charge < -0.3 is 4.74 Å². The lowest BCUT2D eigenvalue weighted by atomic mass is 10.3. The van der Waals surface area contributed by atoms with Gasteiger partial charge in [-0.3, -0.25) is 0 Å². The molecule has 2 rings (SSSR count). The summed E-state index contributed by atoms with van der Waals surface area (Å²) < 4.78 is 8.54. The van der Waals surface area contributed by atoms with Gasteiger partial charge in [-0.15, -0.1) is 0 Å². The molecule has 2 aromatic rings. The van der Waals surface area contributed by atoms with Crippen LogP contribution in [0.4, 0.5) is 0 Å².